The van der Waals surface area contributed by atoms with Crippen molar-refractivity contribution in [3.63, 3.8) is 0 Å². The molecule has 2 atom stereocenters. The van der Waals surface area contributed by atoms with E-state index in [1.807, 2.05) is 11.9 Å². The molecule has 1 saturated heterocycles. The predicted octanol–water partition coefficient (Wildman–Crippen LogP) is 1.14. The number of amides is 1. The molecule has 0 aromatic carbocycles. The monoisotopic (exact) mass is 240 g/mol. The van der Waals surface area contributed by atoms with Gasteiger partial charge in [0.05, 0.1) is 6.10 Å². The van der Waals surface area contributed by atoms with Crippen LogP contribution >= 0.6 is 0 Å². The highest BCUT2D eigenvalue weighted by Crippen LogP contribution is 2.26. The Morgan fingerprint density at radius 3 is 2.59 bits per heavy atom. The quantitative estimate of drug-likeness (QED) is 0.801. The van der Waals surface area contributed by atoms with Crippen LogP contribution in [0.15, 0.2) is 0 Å². The molecule has 17 heavy (non-hydrogen) atoms. The second-order valence-corrected chi connectivity index (χ2v) is 5.43. The van der Waals surface area contributed by atoms with Crippen molar-refractivity contribution in [3.05, 3.63) is 0 Å². The molecule has 2 fully saturated rings. The largest absolute Gasteiger partial charge is 0.364 e. The molecular formula is C13H24N2O2. The normalized spacial score (nSPS) is 29.8. The van der Waals surface area contributed by atoms with Crippen molar-refractivity contribution in [2.24, 2.45) is 11.7 Å². The highest BCUT2D eigenvalue weighted by atomic mass is 16.5. The van der Waals surface area contributed by atoms with Crippen molar-refractivity contribution in [3.8, 4) is 0 Å². The SMILES string of the molecule is CN(CC1CCCC1)C(=O)[C@@H]1CC[C@H](CN)O1. The maximum atomic E-state index is 12.2. The highest BCUT2D eigenvalue weighted by molar-refractivity contribution is 5.81. The van der Waals surface area contributed by atoms with E-state index in [-0.39, 0.29) is 18.1 Å². The molecule has 0 radical (unpaired) electrons. The lowest BCUT2D eigenvalue weighted by atomic mass is 10.1. The summed E-state index contributed by atoms with van der Waals surface area (Å²) in [6, 6.07) is 0. The van der Waals surface area contributed by atoms with E-state index in [1.165, 1.54) is 25.7 Å². The molecule has 0 aromatic heterocycles. The van der Waals surface area contributed by atoms with Crippen molar-refractivity contribution in [1.82, 2.24) is 4.90 Å². The number of rotatable bonds is 4. The molecule has 98 valence electrons. The van der Waals surface area contributed by atoms with Crippen molar-refractivity contribution in [1.29, 1.82) is 0 Å². The highest BCUT2D eigenvalue weighted by Gasteiger charge is 2.32. The summed E-state index contributed by atoms with van der Waals surface area (Å²) in [4.78, 5) is 14.0. The van der Waals surface area contributed by atoms with Crippen LogP contribution in [0.1, 0.15) is 38.5 Å². The Hall–Kier alpha value is -0.610. The fourth-order valence-electron chi connectivity index (χ4n) is 2.98. The van der Waals surface area contributed by atoms with Gasteiger partial charge in [-0.15, -0.1) is 0 Å². The molecule has 0 aromatic rings. The topological polar surface area (TPSA) is 55.6 Å². The molecule has 0 bridgehead atoms. The van der Waals surface area contributed by atoms with Gasteiger partial charge in [0, 0.05) is 20.1 Å². The molecule has 1 saturated carbocycles. The number of likely N-dealkylation sites (N-methyl/N-ethyl adjacent to an activating group) is 1. The average Bonchev–Trinajstić information content (AvgIpc) is 2.98. The van der Waals surface area contributed by atoms with E-state index < -0.39 is 0 Å². The minimum Gasteiger partial charge on any atom is -0.364 e. The second-order valence-electron chi connectivity index (χ2n) is 5.43. The summed E-state index contributed by atoms with van der Waals surface area (Å²) in [5, 5.41) is 0. The lowest BCUT2D eigenvalue weighted by Gasteiger charge is -2.24. The fraction of sp³-hybridized carbons (Fsp3) is 0.923. The van der Waals surface area contributed by atoms with E-state index in [0.29, 0.717) is 12.5 Å². The van der Waals surface area contributed by atoms with E-state index in [0.717, 1.165) is 19.4 Å². The molecule has 2 rings (SSSR count). The number of carbonyl (C=O) groups is 1. The Bertz CT molecular complexity index is 264. The first-order chi connectivity index (χ1) is 8.20. The summed E-state index contributed by atoms with van der Waals surface area (Å²) < 4.78 is 5.64. The number of hydrogen-bond donors (Lipinski definition) is 1. The molecular weight excluding hydrogens is 216 g/mol. The van der Waals surface area contributed by atoms with Crippen LogP contribution in [0.25, 0.3) is 0 Å². The minimum atomic E-state index is -0.241. The molecule has 0 unspecified atom stereocenters. The maximum Gasteiger partial charge on any atom is 0.251 e. The lowest BCUT2D eigenvalue weighted by Crippen LogP contribution is -2.39. The number of ether oxygens (including phenoxy) is 1. The summed E-state index contributed by atoms with van der Waals surface area (Å²) in [6.45, 7) is 1.42. The Labute approximate surface area is 103 Å². The van der Waals surface area contributed by atoms with Gasteiger partial charge in [-0.3, -0.25) is 4.79 Å². The minimum absolute atomic E-state index is 0.0869. The number of nitrogens with zero attached hydrogens (tertiary/aromatic N) is 1. The van der Waals surface area contributed by atoms with Crippen LogP contribution in [0.5, 0.6) is 0 Å². The maximum absolute atomic E-state index is 12.2. The van der Waals surface area contributed by atoms with Gasteiger partial charge in [0.25, 0.3) is 5.91 Å². The number of nitrogens with two attached hydrogens (primary N) is 1. The van der Waals surface area contributed by atoms with Gasteiger partial charge in [0.15, 0.2) is 0 Å². The average molecular weight is 240 g/mol. The molecule has 2 N–H and O–H groups in total. The Morgan fingerprint density at radius 2 is 2.00 bits per heavy atom. The van der Waals surface area contributed by atoms with Crippen molar-refractivity contribution in [2.75, 3.05) is 20.1 Å². The zero-order chi connectivity index (χ0) is 12.3. The molecule has 4 nitrogen and oxygen atoms in total. The molecule has 1 heterocycles. The number of hydrogen-bond acceptors (Lipinski definition) is 3. The van der Waals surface area contributed by atoms with Gasteiger partial charge in [-0.2, -0.15) is 0 Å². The van der Waals surface area contributed by atoms with E-state index in [9.17, 15) is 4.79 Å². The van der Waals surface area contributed by atoms with Crippen LogP contribution in [-0.4, -0.2) is 43.2 Å². The third-order valence-electron chi connectivity index (χ3n) is 4.03. The van der Waals surface area contributed by atoms with Gasteiger partial charge in [-0.05, 0) is 31.6 Å². The standard InChI is InChI=1S/C13H24N2O2/c1-15(9-10-4-2-3-5-10)13(16)12-7-6-11(8-14)17-12/h10-12H,2-9,14H2,1H3/t11-,12+/m1/s1. The van der Waals surface area contributed by atoms with Crippen LogP contribution in [0, 0.1) is 5.92 Å². The summed E-state index contributed by atoms with van der Waals surface area (Å²) >= 11 is 0. The van der Waals surface area contributed by atoms with Gasteiger partial charge < -0.3 is 15.4 Å². The van der Waals surface area contributed by atoms with E-state index >= 15 is 0 Å². The van der Waals surface area contributed by atoms with Gasteiger partial charge in [0.1, 0.15) is 6.10 Å². The molecule has 2 aliphatic rings. The van der Waals surface area contributed by atoms with Crippen molar-refractivity contribution >= 4 is 5.91 Å². The molecule has 1 amide bonds. The third kappa shape index (κ3) is 3.19. The van der Waals surface area contributed by atoms with Gasteiger partial charge >= 0.3 is 0 Å². The van der Waals surface area contributed by atoms with Crippen LogP contribution < -0.4 is 5.73 Å². The first-order valence-electron chi connectivity index (χ1n) is 6.81. The van der Waals surface area contributed by atoms with Crippen LogP contribution in [0.2, 0.25) is 0 Å². The Balaban J connectivity index is 1.78. The van der Waals surface area contributed by atoms with E-state index in [2.05, 4.69) is 0 Å². The Kier molecular flexibility index (Phi) is 4.40. The van der Waals surface area contributed by atoms with Gasteiger partial charge in [0.2, 0.25) is 0 Å². The predicted molar refractivity (Wildman–Crippen MR) is 66.5 cm³/mol. The van der Waals surface area contributed by atoms with Gasteiger partial charge in [-0.25, -0.2) is 0 Å². The van der Waals surface area contributed by atoms with Gasteiger partial charge in [-0.1, -0.05) is 12.8 Å². The smallest absolute Gasteiger partial charge is 0.251 e. The van der Waals surface area contributed by atoms with Crippen LogP contribution in [-0.2, 0) is 9.53 Å². The molecule has 0 spiro atoms. The summed E-state index contributed by atoms with van der Waals surface area (Å²) in [6.07, 6.45) is 6.78. The molecule has 1 aliphatic carbocycles. The second kappa shape index (κ2) is 5.83. The zero-order valence-electron chi connectivity index (χ0n) is 10.7. The van der Waals surface area contributed by atoms with Crippen molar-refractivity contribution < 1.29 is 9.53 Å². The summed E-state index contributed by atoms with van der Waals surface area (Å²) in [7, 11) is 1.90. The van der Waals surface area contributed by atoms with E-state index in [4.69, 9.17) is 10.5 Å². The van der Waals surface area contributed by atoms with Crippen molar-refractivity contribution in [2.45, 2.75) is 50.7 Å². The fourth-order valence-corrected chi connectivity index (χ4v) is 2.98. The lowest BCUT2D eigenvalue weighted by molar-refractivity contribution is -0.141. The van der Waals surface area contributed by atoms with Crippen LogP contribution in [0.3, 0.4) is 0 Å². The first kappa shape index (κ1) is 12.8. The number of carbonyl (C=O) groups excluding carboxylic acids is 1. The first-order valence-corrected chi connectivity index (χ1v) is 6.81. The third-order valence-corrected chi connectivity index (χ3v) is 4.03. The van der Waals surface area contributed by atoms with Crippen LogP contribution in [0.4, 0.5) is 0 Å². The zero-order valence-corrected chi connectivity index (χ0v) is 10.7. The van der Waals surface area contributed by atoms with E-state index in [1.54, 1.807) is 0 Å². The molecule has 1 aliphatic heterocycles. The molecule has 4 heteroatoms. The summed E-state index contributed by atoms with van der Waals surface area (Å²) in [5.74, 6) is 0.850. The Morgan fingerprint density at radius 1 is 1.29 bits per heavy atom. The summed E-state index contributed by atoms with van der Waals surface area (Å²) in [5.41, 5.74) is 5.55.